The van der Waals surface area contributed by atoms with Crippen LogP contribution < -0.4 is 10.3 Å². The van der Waals surface area contributed by atoms with Crippen molar-refractivity contribution in [2.45, 2.75) is 19.4 Å². The lowest BCUT2D eigenvalue weighted by Gasteiger charge is -2.30. The van der Waals surface area contributed by atoms with Crippen LogP contribution in [-0.4, -0.2) is 25.0 Å². The van der Waals surface area contributed by atoms with Crippen LogP contribution in [0.5, 0.6) is 5.75 Å². The molecule has 0 N–H and O–H groups in total. The zero-order valence-corrected chi connectivity index (χ0v) is 13.2. The summed E-state index contributed by atoms with van der Waals surface area (Å²) in [6.45, 7) is 3.44. The molecule has 0 saturated carbocycles. The summed E-state index contributed by atoms with van der Waals surface area (Å²) in [5, 5.41) is 22.2. The van der Waals surface area contributed by atoms with Crippen molar-refractivity contribution in [2.24, 2.45) is 0 Å². The molecule has 1 aliphatic heterocycles. The number of nitro groups is 2. The smallest absolute Gasteiger partial charge is 0.341 e. The highest BCUT2D eigenvalue weighted by Gasteiger charge is 2.31. The fourth-order valence-electron chi connectivity index (χ4n) is 2.52. The quantitative estimate of drug-likeness (QED) is 0.615. The molecule has 0 fully saturated rings. The van der Waals surface area contributed by atoms with Gasteiger partial charge in [0.25, 0.3) is 5.69 Å². The van der Waals surface area contributed by atoms with E-state index < -0.39 is 32.4 Å². The van der Waals surface area contributed by atoms with Gasteiger partial charge in [0, 0.05) is 6.20 Å². The summed E-state index contributed by atoms with van der Waals surface area (Å²) >= 11 is 0. The van der Waals surface area contributed by atoms with Crippen LogP contribution in [0.2, 0.25) is 0 Å². The maximum Gasteiger partial charge on any atom is 0.341 e. The van der Waals surface area contributed by atoms with Crippen LogP contribution in [0, 0.1) is 20.2 Å². The molecule has 0 atom stereocenters. The van der Waals surface area contributed by atoms with Crippen molar-refractivity contribution in [3.63, 3.8) is 0 Å². The summed E-state index contributed by atoms with van der Waals surface area (Å²) < 4.78 is 6.61. The number of nitrogens with zero attached hydrogens (tertiary/aromatic N) is 4. The van der Waals surface area contributed by atoms with Gasteiger partial charge in [-0.15, -0.1) is 0 Å². The molecule has 1 aliphatic rings. The van der Waals surface area contributed by atoms with E-state index in [1.54, 1.807) is 26.0 Å². The highest BCUT2D eigenvalue weighted by molar-refractivity contribution is 5.71. The van der Waals surface area contributed by atoms with Crippen LogP contribution >= 0.6 is 0 Å². The van der Waals surface area contributed by atoms with Crippen molar-refractivity contribution in [3.05, 3.63) is 72.9 Å². The van der Waals surface area contributed by atoms with Crippen molar-refractivity contribution in [2.75, 3.05) is 0 Å². The molecule has 0 amide bonds. The minimum Gasteiger partial charge on any atom is -0.481 e. The Labute approximate surface area is 140 Å². The zero-order valence-electron chi connectivity index (χ0n) is 13.2. The van der Waals surface area contributed by atoms with Gasteiger partial charge in [0.1, 0.15) is 23.1 Å². The SMILES string of the molecule is CC1(C)C=C(n2cc([N+](=O)[O-])cc([N+](=O)[O-])c2=O)c2ncccc2O1. The predicted octanol–water partition coefficient (Wildman–Crippen LogP) is 2.12. The molecule has 3 heterocycles. The lowest BCUT2D eigenvalue weighted by molar-refractivity contribution is -0.395. The lowest BCUT2D eigenvalue weighted by atomic mass is 10.0. The van der Waals surface area contributed by atoms with E-state index in [0.717, 1.165) is 10.8 Å². The molecule has 0 aliphatic carbocycles. The summed E-state index contributed by atoms with van der Waals surface area (Å²) in [5.41, 5.74) is -2.85. The second-order valence-corrected chi connectivity index (χ2v) is 5.86. The fraction of sp³-hybridized carbons (Fsp3) is 0.200. The van der Waals surface area contributed by atoms with Gasteiger partial charge in [0.15, 0.2) is 0 Å². The van der Waals surface area contributed by atoms with Crippen LogP contribution in [0.4, 0.5) is 11.4 Å². The van der Waals surface area contributed by atoms with Crippen molar-refractivity contribution >= 4 is 17.1 Å². The third-order valence-corrected chi connectivity index (χ3v) is 3.52. The Bertz CT molecular complexity index is 992. The average molecular weight is 344 g/mol. The lowest BCUT2D eigenvalue weighted by Crippen LogP contribution is -2.33. The molecule has 2 aromatic rings. The summed E-state index contributed by atoms with van der Waals surface area (Å²) in [6.07, 6.45) is 3.95. The van der Waals surface area contributed by atoms with Gasteiger partial charge in [0.2, 0.25) is 0 Å². The number of ether oxygens (including phenoxy) is 1. The van der Waals surface area contributed by atoms with Gasteiger partial charge in [-0.05, 0) is 32.1 Å². The van der Waals surface area contributed by atoms with Gasteiger partial charge in [-0.2, -0.15) is 0 Å². The van der Waals surface area contributed by atoms with Crippen molar-refractivity contribution in [1.82, 2.24) is 9.55 Å². The van der Waals surface area contributed by atoms with E-state index in [9.17, 15) is 25.0 Å². The summed E-state index contributed by atoms with van der Waals surface area (Å²) in [5.74, 6) is 0.367. The first-order valence-corrected chi connectivity index (χ1v) is 7.13. The normalized spacial score (nSPS) is 14.9. The Balaban J connectivity index is 2.35. The fourth-order valence-corrected chi connectivity index (χ4v) is 2.52. The molecule has 0 aromatic carbocycles. The monoisotopic (exact) mass is 344 g/mol. The van der Waals surface area contributed by atoms with Crippen LogP contribution in [0.15, 0.2) is 41.5 Å². The molecular formula is C15H12N4O6. The second-order valence-electron chi connectivity index (χ2n) is 5.86. The van der Waals surface area contributed by atoms with Crippen LogP contribution in [-0.2, 0) is 0 Å². The van der Waals surface area contributed by atoms with Gasteiger partial charge < -0.3 is 4.74 Å². The van der Waals surface area contributed by atoms with Gasteiger partial charge in [-0.1, -0.05) is 0 Å². The van der Waals surface area contributed by atoms with E-state index in [1.165, 1.54) is 12.3 Å². The first-order chi connectivity index (χ1) is 11.7. The molecule has 3 rings (SSSR count). The molecule has 0 spiro atoms. The largest absolute Gasteiger partial charge is 0.481 e. The number of hydrogen-bond donors (Lipinski definition) is 0. The number of rotatable bonds is 3. The van der Waals surface area contributed by atoms with E-state index in [-0.39, 0.29) is 11.4 Å². The molecule has 25 heavy (non-hydrogen) atoms. The van der Waals surface area contributed by atoms with Crippen LogP contribution in [0.3, 0.4) is 0 Å². The summed E-state index contributed by atoms with van der Waals surface area (Å²) in [4.78, 5) is 37.1. The van der Waals surface area contributed by atoms with Gasteiger partial charge in [-0.3, -0.25) is 34.6 Å². The molecule has 10 nitrogen and oxygen atoms in total. The summed E-state index contributed by atoms with van der Waals surface area (Å²) in [6, 6.07) is 3.91. The van der Waals surface area contributed by atoms with E-state index in [4.69, 9.17) is 4.74 Å². The highest BCUT2D eigenvalue weighted by atomic mass is 16.6. The van der Waals surface area contributed by atoms with Gasteiger partial charge in [-0.25, -0.2) is 0 Å². The number of aromatic nitrogens is 2. The number of pyridine rings is 2. The Kier molecular flexibility index (Phi) is 3.59. The van der Waals surface area contributed by atoms with E-state index in [2.05, 4.69) is 4.98 Å². The maximum atomic E-state index is 12.5. The van der Waals surface area contributed by atoms with E-state index in [1.807, 2.05) is 0 Å². The zero-order chi connectivity index (χ0) is 18.4. The molecule has 0 saturated heterocycles. The number of fused-ring (bicyclic) bond motifs is 1. The molecule has 2 aromatic heterocycles. The Morgan fingerprint density at radius 3 is 2.60 bits per heavy atom. The maximum absolute atomic E-state index is 12.5. The molecule has 0 unspecified atom stereocenters. The van der Waals surface area contributed by atoms with Crippen LogP contribution in [0.25, 0.3) is 5.70 Å². The minimum absolute atomic E-state index is 0.184. The predicted molar refractivity (Wildman–Crippen MR) is 86.3 cm³/mol. The second kappa shape index (κ2) is 5.51. The third-order valence-electron chi connectivity index (χ3n) is 3.52. The van der Waals surface area contributed by atoms with Gasteiger partial charge >= 0.3 is 11.2 Å². The van der Waals surface area contributed by atoms with Gasteiger partial charge in [0.05, 0.1) is 21.7 Å². The van der Waals surface area contributed by atoms with Crippen molar-refractivity contribution < 1.29 is 14.6 Å². The van der Waals surface area contributed by atoms with E-state index in [0.29, 0.717) is 11.8 Å². The standard InChI is InChI=1S/C15H12N4O6/c1-15(2)7-11(13-12(25-15)4-3-5-16-13)17-8-9(18(21)22)6-10(14(17)20)19(23)24/h3-8H,1-2H3. The first kappa shape index (κ1) is 16.3. The van der Waals surface area contributed by atoms with E-state index >= 15 is 0 Å². The molecule has 10 heteroatoms. The average Bonchev–Trinajstić information content (AvgIpc) is 2.53. The molecular weight excluding hydrogens is 332 g/mol. The first-order valence-electron chi connectivity index (χ1n) is 7.13. The summed E-state index contributed by atoms with van der Waals surface area (Å²) in [7, 11) is 0. The molecule has 0 radical (unpaired) electrons. The third kappa shape index (κ3) is 2.84. The highest BCUT2D eigenvalue weighted by Crippen LogP contribution is 2.35. The molecule has 0 bridgehead atoms. The Morgan fingerprint density at radius 2 is 1.96 bits per heavy atom. The van der Waals surface area contributed by atoms with Crippen molar-refractivity contribution in [1.29, 1.82) is 0 Å². The number of hydrogen-bond acceptors (Lipinski definition) is 7. The van der Waals surface area contributed by atoms with Crippen LogP contribution in [0.1, 0.15) is 19.5 Å². The molecule has 128 valence electrons. The Hall–Kier alpha value is -3.56. The Morgan fingerprint density at radius 1 is 1.24 bits per heavy atom. The topological polar surface area (TPSA) is 130 Å². The minimum atomic E-state index is -0.990. The van der Waals surface area contributed by atoms with Crippen molar-refractivity contribution in [3.8, 4) is 5.75 Å².